The Bertz CT molecular complexity index is 577. The number of nitrogens with zero attached hydrogens (tertiary/aromatic N) is 2. The first-order chi connectivity index (χ1) is 9.61. The average molecular weight is 274 g/mol. The molecule has 5 heteroatoms. The molecule has 5 nitrogen and oxygen atoms in total. The summed E-state index contributed by atoms with van der Waals surface area (Å²) in [6, 6.07) is 5.76. The number of nitrogens with one attached hydrogen (secondary N) is 1. The van der Waals surface area contributed by atoms with Gasteiger partial charge >= 0.3 is 0 Å². The molecule has 20 heavy (non-hydrogen) atoms. The van der Waals surface area contributed by atoms with Crippen molar-refractivity contribution in [3.05, 3.63) is 35.7 Å². The van der Waals surface area contributed by atoms with Gasteiger partial charge in [0.25, 0.3) is 0 Å². The molecule has 108 valence electrons. The molecule has 0 aliphatic heterocycles. The molecular formula is C15H22N4O. The lowest BCUT2D eigenvalue weighted by molar-refractivity contribution is 0.319. The minimum atomic E-state index is 0.668. The molecule has 1 aromatic heterocycles. The second kappa shape index (κ2) is 6.32. The van der Waals surface area contributed by atoms with Gasteiger partial charge in [-0.2, -0.15) is 5.10 Å². The van der Waals surface area contributed by atoms with Gasteiger partial charge < -0.3 is 15.8 Å². The molecular weight excluding hydrogens is 252 g/mol. The summed E-state index contributed by atoms with van der Waals surface area (Å²) < 4.78 is 7.50. The Morgan fingerprint density at radius 1 is 1.40 bits per heavy atom. The summed E-state index contributed by atoms with van der Waals surface area (Å²) in [5.41, 5.74) is 9.90. The van der Waals surface area contributed by atoms with Crippen molar-refractivity contribution >= 4 is 11.4 Å². The second-order valence-electron chi connectivity index (χ2n) is 4.83. The van der Waals surface area contributed by atoms with Crippen molar-refractivity contribution in [3.63, 3.8) is 0 Å². The average Bonchev–Trinajstić information content (AvgIpc) is 2.76. The van der Waals surface area contributed by atoms with Gasteiger partial charge in [0.2, 0.25) is 0 Å². The van der Waals surface area contributed by atoms with Gasteiger partial charge in [0.15, 0.2) is 0 Å². The van der Waals surface area contributed by atoms with Crippen molar-refractivity contribution in [2.45, 2.75) is 26.8 Å². The minimum Gasteiger partial charge on any atom is -0.491 e. The lowest BCUT2D eigenvalue weighted by Crippen LogP contribution is -2.03. The molecule has 0 fully saturated rings. The van der Waals surface area contributed by atoms with Crippen LogP contribution in [0.15, 0.2) is 24.4 Å². The van der Waals surface area contributed by atoms with Gasteiger partial charge in [-0.1, -0.05) is 6.92 Å². The van der Waals surface area contributed by atoms with Crippen LogP contribution in [-0.2, 0) is 13.6 Å². The molecule has 0 aliphatic carbocycles. The summed E-state index contributed by atoms with van der Waals surface area (Å²) in [4.78, 5) is 0. The van der Waals surface area contributed by atoms with E-state index < -0.39 is 0 Å². The number of nitrogen functional groups attached to an aromatic ring is 1. The van der Waals surface area contributed by atoms with Gasteiger partial charge in [0.05, 0.1) is 18.5 Å². The molecule has 0 aliphatic rings. The topological polar surface area (TPSA) is 65.1 Å². The van der Waals surface area contributed by atoms with Crippen molar-refractivity contribution in [2.24, 2.45) is 7.05 Å². The van der Waals surface area contributed by atoms with Gasteiger partial charge in [-0.3, -0.25) is 4.68 Å². The largest absolute Gasteiger partial charge is 0.491 e. The van der Waals surface area contributed by atoms with Crippen LogP contribution in [0.25, 0.3) is 0 Å². The summed E-state index contributed by atoms with van der Waals surface area (Å²) in [7, 11) is 1.94. The third kappa shape index (κ3) is 3.23. The molecule has 0 unspecified atom stereocenters. The third-order valence-electron chi connectivity index (χ3n) is 3.30. The van der Waals surface area contributed by atoms with Crippen molar-refractivity contribution in [2.75, 3.05) is 17.7 Å². The first-order valence-electron chi connectivity index (χ1n) is 6.85. The van der Waals surface area contributed by atoms with Crippen molar-refractivity contribution in [1.29, 1.82) is 0 Å². The predicted octanol–water partition coefficient (Wildman–Crippen LogP) is 2.71. The summed E-state index contributed by atoms with van der Waals surface area (Å²) >= 11 is 0. The van der Waals surface area contributed by atoms with E-state index in [9.17, 15) is 0 Å². The summed E-state index contributed by atoms with van der Waals surface area (Å²) in [5, 5.41) is 7.60. The molecule has 3 N–H and O–H groups in total. The zero-order valence-corrected chi connectivity index (χ0v) is 12.3. The Morgan fingerprint density at radius 3 is 2.85 bits per heavy atom. The highest BCUT2D eigenvalue weighted by atomic mass is 16.5. The highest BCUT2D eigenvalue weighted by molar-refractivity contribution is 5.61. The fourth-order valence-electron chi connectivity index (χ4n) is 1.90. The molecule has 0 atom stereocenters. The molecule has 0 amide bonds. The van der Waals surface area contributed by atoms with Crippen LogP contribution in [-0.4, -0.2) is 16.4 Å². The summed E-state index contributed by atoms with van der Waals surface area (Å²) in [6.07, 6.45) is 2.85. The minimum absolute atomic E-state index is 0.668. The molecule has 2 rings (SSSR count). The number of aryl methyl sites for hydroxylation is 1. The van der Waals surface area contributed by atoms with Crippen LogP contribution in [0.3, 0.4) is 0 Å². The normalized spacial score (nSPS) is 10.6. The third-order valence-corrected chi connectivity index (χ3v) is 3.30. The number of benzene rings is 1. The Morgan fingerprint density at radius 2 is 2.20 bits per heavy atom. The molecule has 1 heterocycles. The van der Waals surface area contributed by atoms with E-state index in [1.165, 1.54) is 5.56 Å². The Hall–Kier alpha value is -2.17. The molecule has 0 saturated heterocycles. The number of anilines is 2. The van der Waals surface area contributed by atoms with E-state index in [1.54, 1.807) is 0 Å². The maximum absolute atomic E-state index is 5.90. The number of hydrogen-bond acceptors (Lipinski definition) is 4. The lowest BCUT2D eigenvalue weighted by atomic mass is 10.2. The lowest BCUT2D eigenvalue weighted by Gasteiger charge is -2.11. The number of aromatic nitrogens is 2. The zero-order valence-electron chi connectivity index (χ0n) is 12.3. The van der Waals surface area contributed by atoms with E-state index in [1.807, 2.05) is 36.1 Å². The highest BCUT2D eigenvalue weighted by Gasteiger charge is 2.05. The van der Waals surface area contributed by atoms with Crippen LogP contribution >= 0.6 is 0 Å². The number of ether oxygens (including phenoxy) is 1. The SMILES string of the molecule is CCCOc1cc(NCc2cnn(C)c2C)ccc1N. The fourth-order valence-corrected chi connectivity index (χ4v) is 1.90. The second-order valence-corrected chi connectivity index (χ2v) is 4.83. The maximum Gasteiger partial charge on any atom is 0.144 e. The van der Waals surface area contributed by atoms with Crippen LogP contribution in [0.1, 0.15) is 24.6 Å². The number of nitrogens with two attached hydrogens (primary N) is 1. The predicted molar refractivity (Wildman–Crippen MR) is 81.9 cm³/mol. The standard InChI is InChI=1S/C15H22N4O/c1-4-7-20-15-8-13(5-6-14(15)16)17-9-12-10-18-19(3)11(12)2/h5-6,8,10,17H,4,7,9,16H2,1-3H3. The molecule has 0 radical (unpaired) electrons. The van der Waals surface area contributed by atoms with Gasteiger partial charge in [0, 0.05) is 36.6 Å². The van der Waals surface area contributed by atoms with Crippen molar-refractivity contribution in [1.82, 2.24) is 9.78 Å². The van der Waals surface area contributed by atoms with Gasteiger partial charge in [-0.25, -0.2) is 0 Å². The monoisotopic (exact) mass is 274 g/mol. The first-order valence-corrected chi connectivity index (χ1v) is 6.85. The van der Waals surface area contributed by atoms with E-state index in [4.69, 9.17) is 10.5 Å². The van der Waals surface area contributed by atoms with Crippen LogP contribution in [0.4, 0.5) is 11.4 Å². The molecule has 0 saturated carbocycles. The van der Waals surface area contributed by atoms with E-state index in [0.717, 1.165) is 30.1 Å². The molecule has 1 aromatic carbocycles. The van der Waals surface area contributed by atoms with Gasteiger partial charge in [0.1, 0.15) is 5.75 Å². The molecule has 0 bridgehead atoms. The van der Waals surface area contributed by atoms with Crippen LogP contribution in [0.2, 0.25) is 0 Å². The Labute approximate surface area is 119 Å². The van der Waals surface area contributed by atoms with E-state index in [2.05, 4.69) is 24.3 Å². The zero-order chi connectivity index (χ0) is 14.5. The summed E-state index contributed by atoms with van der Waals surface area (Å²) in [6.45, 7) is 5.54. The maximum atomic E-state index is 5.90. The Balaban J connectivity index is 2.04. The van der Waals surface area contributed by atoms with Crippen molar-refractivity contribution in [3.8, 4) is 5.75 Å². The fraction of sp³-hybridized carbons (Fsp3) is 0.400. The number of rotatable bonds is 6. The number of hydrogen-bond donors (Lipinski definition) is 2. The van der Waals surface area contributed by atoms with Crippen molar-refractivity contribution < 1.29 is 4.74 Å². The van der Waals surface area contributed by atoms with Crippen LogP contribution < -0.4 is 15.8 Å². The van der Waals surface area contributed by atoms with E-state index in [0.29, 0.717) is 12.3 Å². The van der Waals surface area contributed by atoms with E-state index >= 15 is 0 Å². The van der Waals surface area contributed by atoms with Gasteiger partial charge in [-0.05, 0) is 25.5 Å². The van der Waals surface area contributed by atoms with Crippen LogP contribution in [0.5, 0.6) is 5.75 Å². The smallest absolute Gasteiger partial charge is 0.144 e. The first kappa shape index (κ1) is 14.2. The molecule has 2 aromatic rings. The molecule has 0 spiro atoms. The van der Waals surface area contributed by atoms with E-state index in [-0.39, 0.29) is 0 Å². The summed E-state index contributed by atoms with van der Waals surface area (Å²) in [5.74, 6) is 0.736. The Kier molecular flexibility index (Phi) is 4.50. The quantitative estimate of drug-likeness (QED) is 0.795. The van der Waals surface area contributed by atoms with Crippen LogP contribution in [0, 0.1) is 6.92 Å². The highest BCUT2D eigenvalue weighted by Crippen LogP contribution is 2.26. The van der Waals surface area contributed by atoms with Gasteiger partial charge in [-0.15, -0.1) is 0 Å².